The number of carbonyl (C=O) groups excluding carboxylic acids is 1. The molecule has 0 unspecified atom stereocenters. The molecular formula is C12H14BrNO4. The number of rotatable bonds is 5. The molecule has 5 nitrogen and oxygen atoms in total. The SMILES string of the molecule is COC(=O)CCNCc1cc2c(cc1Br)OCO2. The van der Waals surface area contributed by atoms with Crippen molar-refractivity contribution in [1.82, 2.24) is 5.32 Å². The Balaban J connectivity index is 1.88. The fourth-order valence-electron chi connectivity index (χ4n) is 1.61. The highest BCUT2D eigenvalue weighted by Crippen LogP contribution is 2.36. The number of hydrogen-bond acceptors (Lipinski definition) is 5. The minimum atomic E-state index is -0.216. The van der Waals surface area contributed by atoms with Crippen LogP contribution in [-0.2, 0) is 16.1 Å². The van der Waals surface area contributed by atoms with Crippen LogP contribution in [0.2, 0.25) is 0 Å². The summed E-state index contributed by atoms with van der Waals surface area (Å²) in [4.78, 5) is 10.9. The van der Waals surface area contributed by atoms with E-state index in [0.29, 0.717) is 19.5 Å². The van der Waals surface area contributed by atoms with Crippen LogP contribution in [0.4, 0.5) is 0 Å². The molecule has 1 aromatic carbocycles. The van der Waals surface area contributed by atoms with E-state index in [2.05, 4.69) is 26.0 Å². The zero-order valence-electron chi connectivity index (χ0n) is 9.99. The number of methoxy groups -OCH3 is 1. The lowest BCUT2D eigenvalue weighted by Gasteiger charge is -2.07. The van der Waals surface area contributed by atoms with Crippen molar-refractivity contribution in [2.24, 2.45) is 0 Å². The van der Waals surface area contributed by atoms with Gasteiger partial charge in [-0.15, -0.1) is 0 Å². The lowest BCUT2D eigenvalue weighted by atomic mass is 10.2. The molecule has 0 radical (unpaired) electrons. The van der Waals surface area contributed by atoms with Crippen molar-refractivity contribution in [3.05, 3.63) is 22.2 Å². The second-order valence-electron chi connectivity index (χ2n) is 3.80. The summed E-state index contributed by atoms with van der Waals surface area (Å²) in [5, 5.41) is 3.17. The Morgan fingerprint density at radius 1 is 1.44 bits per heavy atom. The second-order valence-corrected chi connectivity index (χ2v) is 4.65. The first-order chi connectivity index (χ1) is 8.70. The van der Waals surface area contributed by atoms with E-state index in [0.717, 1.165) is 21.5 Å². The number of carbonyl (C=O) groups is 1. The molecule has 6 heteroatoms. The number of halogens is 1. The maximum atomic E-state index is 10.9. The molecule has 2 rings (SSSR count). The molecule has 1 N–H and O–H groups in total. The van der Waals surface area contributed by atoms with Crippen LogP contribution in [0.15, 0.2) is 16.6 Å². The zero-order chi connectivity index (χ0) is 13.0. The van der Waals surface area contributed by atoms with Crippen LogP contribution in [0.5, 0.6) is 11.5 Å². The molecule has 1 aliphatic rings. The summed E-state index contributed by atoms with van der Waals surface area (Å²) in [6, 6.07) is 3.82. The van der Waals surface area contributed by atoms with Crippen LogP contribution >= 0.6 is 15.9 Å². The van der Waals surface area contributed by atoms with Gasteiger partial charge in [-0.2, -0.15) is 0 Å². The summed E-state index contributed by atoms with van der Waals surface area (Å²) in [7, 11) is 1.39. The average Bonchev–Trinajstić information content (AvgIpc) is 2.81. The fraction of sp³-hybridized carbons (Fsp3) is 0.417. The van der Waals surface area contributed by atoms with Crippen molar-refractivity contribution in [3.8, 4) is 11.5 Å². The second kappa shape index (κ2) is 6.06. The van der Waals surface area contributed by atoms with Crippen LogP contribution in [0.3, 0.4) is 0 Å². The molecule has 0 fully saturated rings. The van der Waals surface area contributed by atoms with Gasteiger partial charge in [0.15, 0.2) is 11.5 Å². The third kappa shape index (κ3) is 3.14. The normalized spacial score (nSPS) is 12.6. The van der Waals surface area contributed by atoms with Crippen molar-refractivity contribution in [2.75, 3.05) is 20.4 Å². The Labute approximate surface area is 114 Å². The minimum absolute atomic E-state index is 0.216. The summed E-state index contributed by atoms with van der Waals surface area (Å²) in [6.07, 6.45) is 0.360. The molecule has 1 aliphatic heterocycles. The van der Waals surface area contributed by atoms with Crippen LogP contribution in [0.1, 0.15) is 12.0 Å². The Morgan fingerprint density at radius 3 is 2.89 bits per heavy atom. The quantitative estimate of drug-likeness (QED) is 0.663. The standard InChI is InChI=1S/C12H14BrNO4/c1-16-12(15)2-3-14-6-8-4-10-11(5-9(8)13)18-7-17-10/h4-5,14H,2-3,6-7H2,1H3. The molecule has 0 bridgehead atoms. The Kier molecular flexibility index (Phi) is 4.43. The van der Waals surface area contributed by atoms with Gasteiger partial charge in [0, 0.05) is 17.6 Å². The van der Waals surface area contributed by atoms with Gasteiger partial charge in [-0.25, -0.2) is 0 Å². The van der Waals surface area contributed by atoms with Gasteiger partial charge in [0.2, 0.25) is 6.79 Å². The lowest BCUT2D eigenvalue weighted by Crippen LogP contribution is -2.18. The molecule has 0 saturated heterocycles. The van der Waals surface area contributed by atoms with Crippen molar-refractivity contribution in [3.63, 3.8) is 0 Å². The molecule has 1 aromatic rings. The van der Waals surface area contributed by atoms with E-state index >= 15 is 0 Å². The molecule has 18 heavy (non-hydrogen) atoms. The van der Waals surface area contributed by atoms with Crippen LogP contribution < -0.4 is 14.8 Å². The van der Waals surface area contributed by atoms with Gasteiger partial charge in [0.25, 0.3) is 0 Å². The van der Waals surface area contributed by atoms with Crippen molar-refractivity contribution >= 4 is 21.9 Å². The maximum Gasteiger partial charge on any atom is 0.306 e. The van der Waals surface area contributed by atoms with Gasteiger partial charge in [-0.3, -0.25) is 4.79 Å². The van der Waals surface area contributed by atoms with E-state index in [1.807, 2.05) is 12.1 Å². The van der Waals surface area contributed by atoms with Gasteiger partial charge < -0.3 is 19.5 Å². The van der Waals surface area contributed by atoms with Crippen molar-refractivity contribution in [1.29, 1.82) is 0 Å². The first kappa shape index (κ1) is 13.2. The van der Waals surface area contributed by atoms with E-state index in [1.165, 1.54) is 7.11 Å². The summed E-state index contributed by atoms with van der Waals surface area (Å²) in [5.41, 5.74) is 1.06. The summed E-state index contributed by atoms with van der Waals surface area (Å²) >= 11 is 3.48. The summed E-state index contributed by atoms with van der Waals surface area (Å²) in [5.74, 6) is 1.29. The van der Waals surface area contributed by atoms with Crippen molar-refractivity contribution < 1.29 is 19.0 Å². The van der Waals surface area contributed by atoms with E-state index in [4.69, 9.17) is 9.47 Å². The van der Waals surface area contributed by atoms with Crippen LogP contribution in [0, 0.1) is 0 Å². The predicted octanol–water partition coefficient (Wildman–Crippen LogP) is 1.83. The van der Waals surface area contributed by atoms with Crippen LogP contribution in [0.25, 0.3) is 0 Å². The highest BCUT2D eigenvalue weighted by molar-refractivity contribution is 9.10. The summed E-state index contributed by atoms with van der Waals surface area (Å²) < 4.78 is 16.1. The molecule has 0 amide bonds. The van der Waals surface area contributed by atoms with Gasteiger partial charge >= 0.3 is 5.97 Å². The first-order valence-electron chi connectivity index (χ1n) is 5.56. The molecular weight excluding hydrogens is 302 g/mol. The fourth-order valence-corrected chi connectivity index (χ4v) is 2.07. The van der Waals surface area contributed by atoms with Gasteiger partial charge in [0.1, 0.15) is 0 Å². The molecule has 1 heterocycles. The number of fused-ring (bicyclic) bond motifs is 1. The molecule has 0 atom stereocenters. The number of hydrogen-bond donors (Lipinski definition) is 1. The molecule has 0 saturated carbocycles. The predicted molar refractivity (Wildman–Crippen MR) is 68.6 cm³/mol. The minimum Gasteiger partial charge on any atom is -0.469 e. The Hall–Kier alpha value is -1.27. The zero-order valence-corrected chi connectivity index (χ0v) is 11.6. The average molecular weight is 316 g/mol. The molecule has 0 spiro atoms. The Morgan fingerprint density at radius 2 is 2.17 bits per heavy atom. The number of nitrogens with one attached hydrogen (secondary N) is 1. The van der Waals surface area contributed by atoms with Gasteiger partial charge in [-0.05, 0) is 17.7 Å². The maximum absolute atomic E-state index is 10.9. The largest absolute Gasteiger partial charge is 0.469 e. The highest BCUT2D eigenvalue weighted by atomic mass is 79.9. The van der Waals surface area contributed by atoms with Gasteiger partial charge in [0.05, 0.1) is 13.5 Å². The van der Waals surface area contributed by atoms with E-state index in [-0.39, 0.29) is 12.8 Å². The summed E-state index contributed by atoms with van der Waals surface area (Å²) in [6.45, 7) is 1.49. The van der Waals surface area contributed by atoms with E-state index < -0.39 is 0 Å². The smallest absolute Gasteiger partial charge is 0.306 e. The number of benzene rings is 1. The lowest BCUT2D eigenvalue weighted by molar-refractivity contribution is -0.140. The third-order valence-electron chi connectivity index (χ3n) is 2.59. The topological polar surface area (TPSA) is 56.8 Å². The van der Waals surface area contributed by atoms with Crippen LogP contribution in [-0.4, -0.2) is 26.4 Å². The third-order valence-corrected chi connectivity index (χ3v) is 3.33. The van der Waals surface area contributed by atoms with E-state index in [1.54, 1.807) is 0 Å². The molecule has 0 aromatic heterocycles. The monoisotopic (exact) mass is 315 g/mol. The number of esters is 1. The highest BCUT2D eigenvalue weighted by Gasteiger charge is 2.15. The van der Waals surface area contributed by atoms with Crippen molar-refractivity contribution in [2.45, 2.75) is 13.0 Å². The van der Waals surface area contributed by atoms with E-state index in [9.17, 15) is 4.79 Å². The van der Waals surface area contributed by atoms with Gasteiger partial charge in [-0.1, -0.05) is 15.9 Å². The molecule has 98 valence electrons. The Bertz CT molecular complexity index is 450. The first-order valence-corrected chi connectivity index (χ1v) is 6.35. The molecule has 0 aliphatic carbocycles. The number of ether oxygens (including phenoxy) is 3.